The Morgan fingerprint density at radius 1 is 0.886 bits per heavy atom. The Morgan fingerprint density at radius 3 is 2.11 bits per heavy atom. The Bertz CT molecular complexity index is 627. The average molecular weight is 500 g/mol. The van der Waals surface area contributed by atoms with E-state index >= 15 is 0 Å². The lowest BCUT2D eigenvalue weighted by molar-refractivity contribution is -0.236. The van der Waals surface area contributed by atoms with Crippen LogP contribution < -0.4 is 5.32 Å². The molecule has 0 unspecified atom stereocenters. The van der Waals surface area contributed by atoms with E-state index in [1.54, 1.807) is 6.92 Å². The first-order valence-electron chi connectivity index (χ1n) is 13.8. The molecular formula is C27H49NO7. The van der Waals surface area contributed by atoms with Crippen LogP contribution in [-0.4, -0.2) is 61.5 Å². The summed E-state index contributed by atoms with van der Waals surface area (Å²) in [7, 11) is 0. The number of ether oxygens (including phenoxy) is 5. The van der Waals surface area contributed by atoms with Crippen LogP contribution in [0.5, 0.6) is 0 Å². The van der Waals surface area contributed by atoms with Gasteiger partial charge in [-0.3, -0.25) is 9.59 Å². The minimum atomic E-state index is -0.732. The van der Waals surface area contributed by atoms with E-state index in [1.807, 2.05) is 20.8 Å². The molecule has 5 atom stereocenters. The number of esters is 1. The van der Waals surface area contributed by atoms with Crippen molar-refractivity contribution in [2.45, 2.75) is 148 Å². The van der Waals surface area contributed by atoms with E-state index in [0.29, 0.717) is 13.2 Å². The number of amides is 1. The van der Waals surface area contributed by atoms with Crippen molar-refractivity contribution in [3.63, 3.8) is 0 Å². The van der Waals surface area contributed by atoms with Gasteiger partial charge in [0.25, 0.3) is 0 Å². The summed E-state index contributed by atoms with van der Waals surface area (Å²) in [5.41, 5.74) is 0. The normalized spacial score (nSPS) is 25.9. The zero-order valence-electron chi connectivity index (χ0n) is 22.6. The minimum absolute atomic E-state index is 0.0568. The van der Waals surface area contributed by atoms with Gasteiger partial charge in [0.05, 0.1) is 19.1 Å². The van der Waals surface area contributed by atoms with Crippen molar-refractivity contribution >= 4 is 11.9 Å². The average Bonchev–Trinajstić information content (AvgIpc) is 3.29. The molecule has 2 rings (SSSR count). The Hall–Kier alpha value is -1.22. The number of rotatable bonds is 18. The summed E-state index contributed by atoms with van der Waals surface area (Å²) < 4.78 is 29.3. The number of unbranched alkanes of at least 4 members (excludes halogenated alkanes) is 9. The summed E-state index contributed by atoms with van der Waals surface area (Å²) in [4.78, 5) is 23.8. The van der Waals surface area contributed by atoms with Crippen LogP contribution in [0.3, 0.4) is 0 Å². The predicted octanol–water partition coefficient (Wildman–Crippen LogP) is 5.02. The molecular weight excluding hydrogens is 450 g/mol. The smallest absolute Gasteiger partial charge is 0.306 e. The van der Waals surface area contributed by atoms with E-state index in [1.165, 1.54) is 51.4 Å². The standard InChI is InChI=1S/C27H49NO7/c1-6-8-9-10-11-12-13-14-15-16-19-32-26-25-24(34-27(4,5)35-25)23(33-26)20(3)28-21(29)17-18-22(30)31-7-2/h20,23-26H,6-19H2,1-5H3,(H,28,29)/t20-,23+,24-,25-,26-/m0/s1. The molecule has 2 aliphatic rings. The van der Waals surface area contributed by atoms with Crippen LogP contribution in [0, 0.1) is 0 Å². The van der Waals surface area contributed by atoms with Gasteiger partial charge in [-0.15, -0.1) is 0 Å². The lowest BCUT2D eigenvalue weighted by atomic mass is 10.0. The number of carbonyl (C=O) groups is 2. The second-order valence-corrected chi connectivity index (χ2v) is 10.2. The predicted molar refractivity (Wildman–Crippen MR) is 134 cm³/mol. The van der Waals surface area contributed by atoms with E-state index in [4.69, 9.17) is 23.7 Å². The fourth-order valence-electron chi connectivity index (χ4n) is 4.77. The second kappa shape index (κ2) is 15.8. The molecule has 8 nitrogen and oxygen atoms in total. The van der Waals surface area contributed by atoms with Gasteiger partial charge in [0.2, 0.25) is 5.91 Å². The summed E-state index contributed by atoms with van der Waals surface area (Å²) in [5.74, 6) is -1.33. The molecule has 1 amide bonds. The Kier molecular flexibility index (Phi) is 13.5. The molecule has 2 heterocycles. The maximum Gasteiger partial charge on any atom is 0.306 e. The van der Waals surface area contributed by atoms with Crippen molar-refractivity contribution in [3.05, 3.63) is 0 Å². The van der Waals surface area contributed by atoms with Gasteiger partial charge in [0, 0.05) is 13.0 Å². The van der Waals surface area contributed by atoms with E-state index < -0.39 is 18.2 Å². The highest BCUT2D eigenvalue weighted by molar-refractivity contribution is 5.81. The minimum Gasteiger partial charge on any atom is -0.466 e. The van der Waals surface area contributed by atoms with Crippen LogP contribution >= 0.6 is 0 Å². The number of hydrogen-bond donors (Lipinski definition) is 1. The maximum absolute atomic E-state index is 12.3. The van der Waals surface area contributed by atoms with Crippen LogP contribution in [0.1, 0.15) is 112 Å². The van der Waals surface area contributed by atoms with Crippen molar-refractivity contribution in [2.24, 2.45) is 0 Å². The SMILES string of the molecule is CCCCCCCCCCCCO[C@H]1O[C@H]([C@H](C)NC(=O)CCC(=O)OCC)[C@@H]2OC(C)(C)O[C@H]12. The molecule has 8 heteroatoms. The lowest BCUT2D eigenvalue weighted by Crippen LogP contribution is -2.47. The van der Waals surface area contributed by atoms with E-state index in [9.17, 15) is 9.59 Å². The summed E-state index contributed by atoms with van der Waals surface area (Å²) in [6.07, 6.45) is 11.3. The number of fused-ring (bicyclic) bond motifs is 1. The highest BCUT2D eigenvalue weighted by atomic mass is 16.8. The largest absolute Gasteiger partial charge is 0.466 e. The van der Waals surface area contributed by atoms with E-state index in [-0.39, 0.29) is 43.0 Å². The third-order valence-electron chi connectivity index (χ3n) is 6.57. The third-order valence-corrected chi connectivity index (χ3v) is 6.57. The van der Waals surface area contributed by atoms with Gasteiger partial charge in [-0.1, -0.05) is 64.7 Å². The van der Waals surface area contributed by atoms with Gasteiger partial charge in [-0.05, 0) is 34.1 Å². The summed E-state index contributed by atoms with van der Waals surface area (Å²) in [5, 5.41) is 2.93. The molecule has 1 N–H and O–H groups in total. The first kappa shape index (κ1) is 30.0. The van der Waals surface area contributed by atoms with Gasteiger partial charge in [0.15, 0.2) is 12.1 Å². The highest BCUT2D eigenvalue weighted by Gasteiger charge is 2.57. The highest BCUT2D eigenvalue weighted by Crippen LogP contribution is 2.40. The van der Waals surface area contributed by atoms with Crippen LogP contribution in [-0.2, 0) is 33.3 Å². The Morgan fingerprint density at radius 2 is 1.49 bits per heavy atom. The molecule has 0 aromatic carbocycles. The van der Waals surface area contributed by atoms with Crippen molar-refractivity contribution in [1.29, 1.82) is 0 Å². The molecule has 0 bridgehead atoms. The molecule has 0 aliphatic carbocycles. The number of carbonyl (C=O) groups excluding carboxylic acids is 2. The molecule has 0 radical (unpaired) electrons. The lowest BCUT2D eigenvalue weighted by Gasteiger charge is -2.27. The molecule has 0 aromatic rings. The molecule has 0 spiro atoms. The van der Waals surface area contributed by atoms with Crippen LogP contribution in [0.2, 0.25) is 0 Å². The number of hydrogen-bond acceptors (Lipinski definition) is 7. The molecule has 0 aromatic heterocycles. The van der Waals surface area contributed by atoms with Gasteiger partial charge in [0.1, 0.15) is 18.3 Å². The third kappa shape index (κ3) is 10.7. The van der Waals surface area contributed by atoms with Crippen molar-refractivity contribution in [3.8, 4) is 0 Å². The van der Waals surface area contributed by atoms with Gasteiger partial charge >= 0.3 is 5.97 Å². The molecule has 204 valence electrons. The summed E-state index contributed by atoms with van der Waals surface area (Å²) >= 11 is 0. The van der Waals surface area contributed by atoms with Gasteiger partial charge < -0.3 is 29.0 Å². The zero-order chi connectivity index (χ0) is 25.7. The van der Waals surface area contributed by atoms with Gasteiger partial charge in [-0.25, -0.2) is 0 Å². The first-order valence-corrected chi connectivity index (χ1v) is 13.8. The van der Waals surface area contributed by atoms with E-state index in [0.717, 1.165) is 12.8 Å². The van der Waals surface area contributed by atoms with Crippen molar-refractivity contribution in [1.82, 2.24) is 5.32 Å². The van der Waals surface area contributed by atoms with Crippen molar-refractivity contribution in [2.75, 3.05) is 13.2 Å². The quantitative estimate of drug-likeness (QED) is 0.209. The van der Waals surface area contributed by atoms with Crippen LogP contribution in [0.4, 0.5) is 0 Å². The second-order valence-electron chi connectivity index (χ2n) is 10.2. The van der Waals surface area contributed by atoms with Gasteiger partial charge in [-0.2, -0.15) is 0 Å². The molecule has 2 aliphatic heterocycles. The van der Waals surface area contributed by atoms with Crippen LogP contribution in [0.25, 0.3) is 0 Å². The maximum atomic E-state index is 12.3. The molecule has 2 saturated heterocycles. The van der Waals surface area contributed by atoms with Crippen molar-refractivity contribution < 1.29 is 33.3 Å². The monoisotopic (exact) mass is 499 g/mol. The Balaban J connectivity index is 1.70. The molecule has 35 heavy (non-hydrogen) atoms. The summed E-state index contributed by atoms with van der Waals surface area (Å²) in [6, 6.07) is -0.319. The first-order chi connectivity index (χ1) is 16.8. The van der Waals surface area contributed by atoms with Crippen LogP contribution in [0.15, 0.2) is 0 Å². The fraction of sp³-hybridized carbons (Fsp3) is 0.926. The zero-order valence-corrected chi connectivity index (χ0v) is 22.6. The van der Waals surface area contributed by atoms with E-state index in [2.05, 4.69) is 12.2 Å². The Labute approximate surface area is 212 Å². The fourth-order valence-corrected chi connectivity index (χ4v) is 4.77. The molecule has 0 saturated carbocycles. The topological polar surface area (TPSA) is 92.3 Å². The number of nitrogens with one attached hydrogen (secondary N) is 1. The molecule has 2 fully saturated rings. The summed E-state index contributed by atoms with van der Waals surface area (Å²) in [6.45, 7) is 10.6.